The van der Waals surface area contributed by atoms with Crippen LogP contribution in [0.4, 0.5) is 0 Å². The van der Waals surface area contributed by atoms with Crippen molar-refractivity contribution < 1.29 is 0 Å². The number of halogens is 1. The lowest BCUT2D eigenvalue weighted by Crippen LogP contribution is -1.92. The molecule has 102 valence electrons. The fourth-order valence-corrected chi connectivity index (χ4v) is 2.07. The molecule has 1 nitrogen and oxygen atoms in total. The maximum Gasteiger partial charge on any atom is 0.0412 e. The summed E-state index contributed by atoms with van der Waals surface area (Å²) in [5.74, 6) is 0. The molecule has 0 radical (unpaired) electrons. The van der Waals surface area contributed by atoms with Gasteiger partial charge in [-0.05, 0) is 68.1 Å². The summed E-state index contributed by atoms with van der Waals surface area (Å²) in [6.45, 7) is 4.18. The molecule has 1 aromatic rings. The van der Waals surface area contributed by atoms with Crippen molar-refractivity contribution in [1.29, 1.82) is 0 Å². The average molecular weight is 276 g/mol. The Labute approximate surface area is 121 Å². The molecule has 0 saturated carbocycles. The van der Waals surface area contributed by atoms with E-state index < -0.39 is 0 Å². The van der Waals surface area contributed by atoms with Crippen LogP contribution in [0.15, 0.2) is 48.7 Å². The number of hydrogen-bond acceptors (Lipinski definition) is 1. The van der Waals surface area contributed by atoms with Crippen molar-refractivity contribution in [3.05, 3.63) is 64.9 Å². The first-order chi connectivity index (χ1) is 9.19. The summed E-state index contributed by atoms with van der Waals surface area (Å²) < 4.78 is 0. The zero-order valence-electron chi connectivity index (χ0n) is 11.7. The van der Waals surface area contributed by atoms with Crippen LogP contribution in [0.25, 0.3) is 5.57 Å². The summed E-state index contributed by atoms with van der Waals surface area (Å²) in [5, 5.41) is 0.795. The molecule has 0 aromatic heterocycles. The maximum absolute atomic E-state index is 6.08. The summed E-state index contributed by atoms with van der Waals surface area (Å²) in [4.78, 5) is 0. The lowest BCUT2D eigenvalue weighted by atomic mass is 9.97. The van der Waals surface area contributed by atoms with Gasteiger partial charge in [0.15, 0.2) is 0 Å². The molecule has 0 amide bonds. The standard InChI is InChI=1S/C17H22ClN/c1-3-14(2)17-13-16(18)11-10-15(17)9-7-5-4-6-8-12-19/h3-5,8,10-13H,6-7,9,19H2,1-2H3/b5-4-,12-8-,14-3-. The molecule has 2 heteroatoms. The minimum Gasteiger partial charge on any atom is -0.405 e. The van der Waals surface area contributed by atoms with Gasteiger partial charge in [-0.1, -0.05) is 42.0 Å². The fraction of sp³-hybridized carbons (Fsp3) is 0.294. The van der Waals surface area contributed by atoms with Gasteiger partial charge in [0.25, 0.3) is 0 Å². The van der Waals surface area contributed by atoms with Crippen LogP contribution in [0.5, 0.6) is 0 Å². The molecule has 0 fully saturated rings. The number of aryl methyl sites for hydroxylation is 1. The zero-order valence-corrected chi connectivity index (χ0v) is 12.5. The van der Waals surface area contributed by atoms with Crippen molar-refractivity contribution in [2.24, 2.45) is 5.73 Å². The van der Waals surface area contributed by atoms with E-state index in [9.17, 15) is 0 Å². The summed E-state index contributed by atoms with van der Waals surface area (Å²) in [7, 11) is 0. The van der Waals surface area contributed by atoms with Crippen LogP contribution in [-0.4, -0.2) is 0 Å². The van der Waals surface area contributed by atoms with Gasteiger partial charge in [-0.2, -0.15) is 0 Å². The lowest BCUT2D eigenvalue weighted by Gasteiger charge is -2.09. The second-order valence-electron chi connectivity index (χ2n) is 4.45. The predicted molar refractivity (Wildman–Crippen MR) is 86.2 cm³/mol. The molecule has 0 atom stereocenters. The topological polar surface area (TPSA) is 26.0 Å². The highest BCUT2D eigenvalue weighted by Gasteiger charge is 2.04. The molecule has 0 bridgehead atoms. The quantitative estimate of drug-likeness (QED) is 0.717. The Morgan fingerprint density at radius 2 is 2.05 bits per heavy atom. The molecule has 0 aliphatic rings. The van der Waals surface area contributed by atoms with E-state index in [1.165, 1.54) is 16.7 Å². The molecule has 0 saturated heterocycles. The van der Waals surface area contributed by atoms with Crippen LogP contribution in [0.2, 0.25) is 5.02 Å². The molecule has 19 heavy (non-hydrogen) atoms. The number of allylic oxidation sites excluding steroid dienone is 5. The third kappa shape index (κ3) is 5.35. The van der Waals surface area contributed by atoms with E-state index in [1.807, 2.05) is 18.2 Å². The van der Waals surface area contributed by atoms with Gasteiger partial charge in [-0.25, -0.2) is 0 Å². The maximum atomic E-state index is 6.08. The Morgan fingerprint density at radius 1 is 1.26 bits per heavy atom. The second kappa shape index (κ2) is 8.60. The summed E-state index contributed by atoms with van der Waals surface area (Å²) >= 11 is 6.08. The van der Waals surface area contributed by atoms with Crippen molar-refractivity contribution in [3.8, 4) is 0 Å². The lowest BCUT2D eigenvalue weighted by molar-refractivity contribution is 0.990. The van der Waals surface area contributed by atoms with Gasteiger partial charge in [-0.3, -0.25) is 0 Å². The highest BCUT2D eigenvalue weighted by molar-refractivity contribution is 6.30. The first-order valence-corrected chi connectivity index (χ1v) is 7.00. The van der Waals surface area contributed by atoms with Crippen LogP contribution >= 0.6 is 11.6 Å². The molecule has 0 heterocycles. The van der Waals surface area contributed by atoms with Gasteiger partial charge < -0.3 is 5.73 Å². The summed E-state index contributed by atoms with van der Waals surface area (Å²) in [5.41, 5.74) is 9.16. The Bertz CT molecular complexity index is 484. The third-order valence-electron chi connectivity index (χ3n) is 3.09. The number of benzene rings is 1. The van der Waals surface area contributed by atoms with Crippen molar-refractivity contribution in [2.75, 3.05) is 0 Å². The van der Waals surface area contributed by atoms with Gasteiger partial charge >= 0.3 is 0 Å². The van der Waals surface area contributed by atoms with Crippen molar-refractivity contribution in [2.45, 2.75) is 33.1 Å². The van der Waals surface area contributed by atoms with Gasteiger partial charge in [0, 0.05) is 5.02 Å². The van der Waals surface area contributed by atoms with Gasteiger partial charge in [0.05, 0.1) is 0 Å². The van der Waals surface area contributed by atoms with Crippen LogP contribution < -0.4 is 5.73 Å². The van der Waals surface area contributed by atoms with Crippen LogP contribution in [-0.2, 0) is 6.42 Å². The molecule has 1 aromatic carbocycles. The first kappa shape index (κ1) is 15.6. The Kier molecular flexibility index (Phi) is 7.06. The van der Waals surface area contributed by atoms with Crippen molar-refractivity contribution in [1.82, 2.24) is 0 Å². The SMILES string of the molecule is C/C=C(/C)c1cc(Cl)ccc1CC/C=C\C/C=C\N. The van der Waals surface area contributed by atoms with Crippen LogP contribution in [0.3, 0.4) is 0 Å². The number of nitrogens with two attached hydrogens (primary N) is 1. The normalized spacial score (nSPS) is 12.7. The predicted octanol–water partition coefficient (Wildman–Crippen LogP) is 5.11. The first-order valence-electron chi connectivity index (χ1n) is 6.62. The minimum atomic E-state index is 0.795. The Hall–Kier alpha value is -1.47. The summed E-state index contributed by atoms with van der Waals surface area (Å²) in [6, 6.07) is 6.13. The molecular formula is C17H22ClN. The van der Waals surface area contributed by atoms with Gasteiger partial charge in [0.1, 0.15) is 0 Å². The smallest absolute Gasteiger partial charge is 0.0412 e. The second-order valence-corrected chi connectivity index (χ2v) is 4.88. The molecule has 0 aliphatic carbocycles. The molecule has 2 N–H and O–H groups in total. The number of rotatable bonds is 6. The van der Waals surface area contributed by atoms with E-state index >= 15 is 0 Å². The van der Waals surface area contributed by atoms with E-state index in [4.69, 9.17) is 17.3 Å². The largest absolute Gasteiger partial charge is 0.405 e. The molecule has 0 aliphatic heterocycles. The third-order valence-corrected chi connectivity index (χ3v) is 3.32. The van der Waals surface area contributed by atoms with Crippen molar-refractivity contribution >= 4 is 17.2 Å². The highest BCUT2D eigenvalue weighted by atomic mass is 35.5. The van der Waals surface area contributed by atoms with Crippen LogP contribution in [0.1, 0.15) is 37.8 Å². The molecular weight excluding hydrogens is 254 g/mol. The Morgan fingerprint density at radius 3 is 2.74 bits per heavy atom. The van der Waals surface area contributed by atoms with E-state index in [2.05, 4.69) is 38.1 Å². The van der Waals surface area contributed by atoms with Gasteiger partial charge in [-0.15, -0.1) is 0 Å². The van der Waals surface area contributed by atoms with Crippen LogP contribution in [0, 0.1) is 0 Å². The minimum absolute atomic E-state index is 0.795. The highest BCUT2D eigenvalue weighted by Crippen LogP contribution is 2.24. The Balaban J connectivity index is 2.70. The van der Waals surface area contributed by atoms with E-state index in [-0.39, 0.29) is 0 Å². The summed E-state index contributed by atoms with van der Waals surface area (Å²) in [6.07, 6.45) is 12.9. The molecule has 0 spiro atoms. The monoisotopic (exact) mass is 275 g/mol. The van der Waals surface area contributed by atoms with E-state index in [0.717, 1.165) is 24.3 Å². The van der Waals surface area contributed by atoms with E-state index in [1.54, 1.807) is 6.20 Å². The van der Waals surface area contributed by atoms with Crippen molar-refractivity contribution in [3.63, 3.8) is 0 Å². The average Bonchev–Trinajstić information content (AvgIpc) is 2.43. The number of hydrogen-bond donors (Lipinski definition) is 1. The zero-order chi connectivity index (χ0) is 14.1. The van der Waals surface area contributed by atoms with Gasteiger partial charge in [0.2, 0.25) is 0 Å². The molecule has 1 rings (SSSR count). The molecule has 0 unspecified atom stereocenters. The van der Waals surface area contributed by atoms with E-state index in [0.29, 0.717) is 0 Å². The fourth-order valence-electron chi connectivity index (χ4n) is 1.90.